The Kier molecular flexibility index (Phi) is 8.95. The topological polar surface area (TPSA) is 45.0 Å². The molecule has 3 rings (SSSR count). The van der Waals surface area contributed by atoms with Crippen molar-refractivity contribution >= 4 is 47.2 Å². The molecule has 0 amide bonds. The number of guanidine groups is 1. The van der Waals surface area contributed by atoms with Crippen molar-refractivity contribution in [3.05, 3.63) is 47.2 Å². The number of halogens is 2. The summed E-state index contributed by atoms with van der Waals surface area (Å²) in [5, 5.41) is 4.29. The zero-order valence-corrected chi connectivity index (χ0v) is 20.6. The lowest BCUT2D eigenvalue weighted by molar-refractivity contribution is 0.414. The zero-order chi connectivity index (χ0) is 20.1. The summed E-state index contributed by atoms with van der Waals surface area (Å²) in [6, 6.07) is 10.2. The average Bonchev–Trinajstić information content (AvgIpc) is 3.28. The van der Waals surface area contributed by atoms with Crippen molar-refractivity contribution in [2.45, 2.75) is 13.0 Å². The van der Waals surface area contributed by atoms with E-state index in [0.717, 1.165) is 55.0 Å². The molecule has 0 spiro atoms. The summed E-state index contributed by atoms with van der Waals surface area (Å²) in [4.78, 5) is 8.97. The van der Waals surface area contributed by atoms with Gasteiger partial charge < -0.3 is 24.4 Å². The van der Waals surface area contributed by atoms with Gasteiger partial charge in [-0.2, -0.15) is 0 Å². The van der Waals surface area contributed by atoms with Gasteiger partial charge in [0.15, 0.2) is 5.96 Å². The molecule has 29 heavy (non-hydrogen) atoms. The van der Waals surface area contributed by atoms with E-state index in [2.05, 4.69) is 32.2 Å². The average molecular weight is 532 g/mol. The lowest BCUT2D eigenvalue weighted by Gasteiger charge is -2.24. The van der Waals surface area contributed by atoms with Crippen molar-refractivity contribution in [2.24, 2.45) is 18.0 Å². The number of benzene rings is 1. The summed E-state index contributed by atoms with van der Waals surface area (Å²) in [7, 11) is 7.61. The van der Waals surface area contributed by atoms with E-state index in [1.54, 1.807) is 7.11 Å². The number of nitrogens with one attached hydrogen (secondary N) is 1. The van der Waals surface area contributed by atoms with E-state index in [4.69, 9.17) is 16.3 Å². The number of aromatic nitrogens is 1. The number of hydrogen-bond acceptors (Lipinski definition) is 3. The SMILES string of the molecule is CN=C(NCC1CCN(c2ccccc2OC)C1)N(C)Cc1cc(Cl)cn1C.I. The Balaban J connectivity index is 0.00000300. The summed E-state index contributed by atoms with van der Waals surface area (Å²) >= 11 is 6.10. The molecule has 1 saturated heterocycles. The molecule has 6 nitrogen and oxygen atoms in total. The number of methoxy groups -OCH3 is 1. The fourth-order valence-electron chi connectivity index (χ4n) is 3.77. The van der Waals surface area contributed by atoms with Crippen molar-refractivity contribution < 1.29 is 4.74 Å². The van der Waals surface area contributed by atoms with Gasteiger partial charge in [-0.1, -0.05) is 23.7 Å². The molecule has 0 saturated carbocycles. The number of aryl methyl sites for hydroxylation is 1. The maximum absolute atomic E-state index is 6.10. The van der Waals surface area contributed by atoms with Crippen LogP contribution in [0.4, 0.5) is 5.69 Å². The summed E-state index contributed by atoms with van der Waals surface area (Å²) in [6.45, 7) is 3.71. The lowest BCUT2D eigenvalue weighted by Crippen LogP contribution is -2.41. The minimum atomic E-state index is 0. The third-order valence-electron chi connectivity index (χ3n) is 5.31. The Morgan fingerprint density at radius 3 is 2.79 bits per heavy atom. The first-order valence-electron chi connectivity index (χ1n) is 9.62. The Morgan fingerprint density at radius 2 is 2.14 bits per heavy atom. The Labute approximate surface area is 195 Å². The first kappa shape index (κ1) is 23.7. The van der Waals surface area contributed by atoms with E-state index >= 15 is 0 Å². The number of ether oxygens (including phenoxy) is 1. The van der Waals surface area contributed by atoms with Crippen molar-refractivity contribution in [2.75, 3.05) is 45.7 Å². The third kappa shape index (κ3) is 5.94. The van der Waals surface area contributed by atoms with Gasteiger partial charge in [-0.25, -0.2) is 0 Å². The summed E-state index contributed by atoms with van der Waals surface area (Å²) in [5.41, 5.74) is 2.33. The van der Waals surface area contributed by atoms with Crippen LogP contribution in [0.2, 0.25) is 5.02 Å². The number of anilines is 1. The van der Waals surface area contributed by atoms with Gasteiger partial charge in [0, 0.05) is 52.7 Å². The molecular formula is C21H31ClIN5O. The van der Waals surface area contributed by atoms with E-state index in [9.17, 15) is 0 Å². The molecule has 1 unspecified atom stereocenters. The van der Waals surface area contributed by atoms with Crippen LogP contribution < -0.4 is 15.0 Å². The molecule has 0 radical (unpaired) electrons. The van der Waals surface area contributed by atoms with Gasteiger partial charge >= 0.3 is 0 Å². The largest absolute Gasteiger partial charge is 0.495 e. The zero-order valence-electron chi connectivity index (χ0n) is 17.6. The van der Waals surface area contributed by atoms with Gasteiger partial charge in [0.05, 0.1) is 24.4 Å². The van der Waals surface area contributed by atoms with Crippen LogP contribution in [0.1, 0.15) is 12.1 Å². The van der Waals surface area contributed by atoms with Crippen LogP contribution in [0.15, 0.2) is 41.5 Å². The fourth-order valence-corrected chi connectivity index (χ4v) is 4.04. The molecule has 1 aliphatic rings. The minimum absolute atomic E-state index is 0. The summed E-state index contributed by atoms with van der Waals surface area (Å²) in [6.07, 6.45) is 3.07. The van der Waals surface area contributed by atoms with Crippen LogP contribution in [-0.4, -0.2) is 56.3 Å². The highest BCUT2D eigenvalue weighted by Gasteiger charge is 2.25. The normalized spacial score (nSPS) is 16.5. The van der Waals surface area contributed by atoms with Gasteiger partial charge in [-0.05, 0) is 30.5 Å². The molecule has 1 N–H and O–H groups in total. The van der Waals surface area contributed by atoms with E-state index in [1.807, 2.05) is 50.1 Å². The molecule has 8 heteroatoms. The lowest BCUT2D eigenvalue weighted by atomic mass is 10.1. The third-order valence-corrected chi connectivity index (χ3v) is 5.51. The quantitative estimate of drug-likeness (QED) is 0.350. The number of para-hydroxylation sites is 2. The van der Waals surface area contributed by atoms with Crippen molar-refractivity contribution in [3.63, 3.8) is 0 Å². The Hall–Kier alpha value is -1.61. The van der Waals surface area contributed by atoms with Crippen LogP contribution in [-0.2, 0) is 13.6 Å². The minimum Gasteiger partial charge on any atom is -0.495 e. The molecule has 160 valence electrons. The second-order valence-corrected chi connectivity index (χ2v) is 7.75. The molecule has 0 bridgehead atoms. The molecule has 1 fully saturated rings. The molecular weight excluding hydrogens is 501 g/mol. The monoisotopic (exact) mass is 531 g/mol. The van der Waals surface area contributed by atoms with Crippen molar-refractivity contribution in [1.82, 2.24) is 14.8 Å². The molecule has 0 aliphatic carbocycles. The molecule has 1 aromatic carbocycles. The van der Waals surface area contributed by atoms with Crippen LogP contribution in [0.25, 0.3) is 0 Å². The van der Waals surface area contributed by atoms with Gasteiger partial charge in [0.2, 0.25) is 0 Å². The van der Waals surface area contributed by atoms with Crippen LogP contribution in [0.5, 0.6) is 5.75 Å². The standard InChI is InChI=1S/C21H30ClN5O.HI/c1-23-21(26(3)15-18-11-17(22)14-25(18)2)24-12-16-9-10-27(13-16)19-7-5-6-8-20(19)28-4;/h5-8,11,14,16H,9-10,12-13,15H2,1-4H3,(H,23,24);1H. The van der Waals surface area contributed by atoms with Crippen LogP contribution in [0, 0.1) is 5.92 Å². The van der Waals surface area contributed by atoms with Gasteiger partial charge in [0.1, 0.15) is 5.75 Å². The second-order valence-electron chi connectivity index (χ2n) is 7.32. The highest BCUT2D eigenvalue weighted by atomic mass is 127. The van der Waals surface area contributed by atoms with Crippen molar-refractivity contribution in [3.8, 4) is 5.75 Å². The first-order chi connectivity index (χ1) is 13.5. The number of nitrogens with zero attached hydrogens (tertiary/aromatic N) is 4. The molecule has 2 heterocycles. The fraction of sp³-hybridized carbons (Fsp3) is 0.476. The predicted octanol–water partition coefficient (Wildman–Crippen LogP) is 3.84. The Bertz CT molecular complexity index is 825. The van der Waals surface area contributed by atoms with E-state index in [-0.39, 0.29) is 24.0 Å². The highest BCUT2D eigenvalue weighted by molar-refractivity contribution is 14.0. The first-order valence-corrected chi connectivity index (χ1v) is 10.00. The highest BCUT2D eigenvalue weighted by Crippen LogP contribution is 2.31. The van der Waals surface area contributed by atoms with E-state index < -0.39 is 0 Å². The Morgan fingerprint density at radius 1 is 1.38 bits per heavy atom. The molecule has 1 atom stereocenters. The summed E-state index contributed by atoms with van der Waals surface area (Å²) in [5.74, 6) is 2.40. The van der Waals surface area contributed by atoms with Crippen LogP contribution >= 0.6 is 35.6 Å². The van der Waals surface area contributed by atoms with Gasteiger partial charge in [0.25, 0.3) is 0 Å². The van der Waals surface area contributed by atoms with E-state index in [0.29, 0.717) is 5.92 Å². The van der Waals surface area contributed by atoms with Crippen molar-refractivity contribution in [1.29, 1.82) is 0 Å². The molecule has 1 aromatic heterocycles. The smallest absolute Gasteiger partial charge is 0.193 e. The maximum Gasteiger partial charge on any atom is 0.193 e. The molecule has 1 aliphatic heterocycles. The second kappa shape index (κ2) is 11.0. The maximum atomic E-state index is 6.10. The van der Waals surface area contributed by atoms with Crippen LogP contribution in [0.3, 0.4) is 0 Å². The van der Waals surface area contributed by atoms with Gasteiger partial charge in [-0.15, -0.1) is 24.0 Å². The summed E-state index contributed by atoms with van der Waals surface area (Å²) < 4.78 is 7.56. The molecule has 2 aromatic rings. The predicted molar refractivity (Wildman–Crippen MR) is 132 cm³/mol. The number of rotatable bonds is 6. The van der Waals surface area contributed by atoms with E-state index in [1.165, 1.54) is 5.69 Å². The van der Waals surface area contributed by atoms with Gasteiger partial charge in [-0.3, -0.25) is 4.99 Å². The number of hydrogen-bond donors (Lipinski definition) is 1. The number of aliphatic imine (C=N–C) groups is 1.